The molecule has 0 spiro atoms. The van der Waals surface area contributed by atoms with Gasteiger partial charge in [-0.05, 0) is 36.8 Å². The SMILES string of the molecule is CC(=O)Cc1ccc(CC(=O)c2ccccc2OCc2ccccc2)o1. The highest BCUT2D eigenvalue weighted by Crippen LogP contribution is 2.22. The van der Waals surface area contributed by atoms with Gasteiger partial charge in [-0.15, -0.1) is 0 Å². The predicted molar refractivity (Wildman–Crippen MR) is 98.3 cm³/mol. The minimum Gasteiger partial charge on any atom is -0.488 e. The number of rotatable bonds is 8. The summed E-state index contributed by atoms with van der Waals surface area (Å²) in [5, 5.41) is 0. The van der Waals surface area contributed by atoms with Gasteiger partial charge in [0.05, 0.1) is 18.4 Å². The Bertz CT molecular complexity index is 893. The minimum absolute atomic E-state index is 0.0249. The van der Waals surface area contributed by atoms with Crippen LogP contribution >= 0.6 is 0 Å². The molecule has 26 heavy (non-hydrogen) atoms. The topological polar surface area (TPSA) is 56.5 Å². The lowest BCUT2D eigenvalue weighted by molar-refractivity contribution is -0.116. The highest BCUT2D eigenvalue weighted by Gasteiger charge is 2.15. The smallest absolute Gasteiger partial charge is 0.174 e. The van der Waals surface area contributed by atoms with Crippen LogP contribution in [0.5, 0.6) is 5.75 Å². The summed E-state index contributed by atoms with van der Waals surface area (Å²) >= 11 is 0. The maximum atomic E-state index is 12.7. The Morgan fingerprint density at radius 1 is 0.846 bits per heavy atom. The fraction of sp³-hybridized carbons (Fsp3) is 0.182. The van der Waals surface area contributed by atoms with Crippen molar-refractivity contribution in [3.8, 4) is 5.75 Å². The number of Topliss-reactive ketones (excluding diaryl/α,β-unsaturated/α-hetero) is 2. The predicted octanol–water partition coefficient (Wildman–Crippen LogP) is 4.42. The van der Waals surface area contributed by atoms with Crippen LogP contribution in [0.4, 0.5) is 0 Å². The molecule has 0 atom stereocenters. The van der Waals surface area contributed by atoms with Crippen molar-refractivity contribution in [2.24, 2.45) is 0 Å². The van der Waals surface area contributed by atoms with E-state index in [9.17, 15) is 9.59 Å². The van der Waals surface area contributed by atoms with Gasteiger partial charge < -0.3 is 9.15 Å². The number of hydrogen-bond donors (Lipinski definition) is 0. The average Bonchev–Trinajstić information content (AvgIpc) is 3.07. The Kier molecular flexibility index (Phi) is 5.64. The quantitative estimate of drug-likeness (QED) is 0.566. The first-order valence-corrected chi connectivity index (χ1v) is 8.48. The van der Waals surface area contributed by atoms with Crippen molar-refractivity contribution in [2.75, 3.05) is 0 Å². The number of ketones is 2. The monoisotopic (exact) mass is 348 g/mol. The van der Waals surface area contributed by atoms with Gasteiger partial charge in [-0.3, -0.25) is 9.59 Å². The second-order valence-electron chi connectivity index (χ2n) is 6.12. The molecule has 1 aromatic heterocycles. The van der Waals surface area contributed by atoms with E-state index in [1.54, 1.807) is 24.3 Å². The van der Waals surface area contributed by atoms with Crippen molar-refractivity contribution in [3.63, 3.8) is 0 Å². The lowest BCUT2D eigenvalue weighted by Gasteiger charge is -2.10. The third-order valence-electron chi connectivity index (χ3n) is 3.90. The maximum absolute atomic E-state index is 12.7. The van der Waals surface area contributed by atoms with Gasteiger partial charge in [0.2, 0.25) is 0 Å². The summed E-state index contributed by atoms with van der Waals surface area (Å²) in [4.78, 5) is 23.8. The molecule has 0 unspecified atom stereocenters. The van der Waals surface area contributed by atoms with Crippen molar-refractivity contribution >= 4 is 11.6 Å². The number of para-hydroxylation sites is 1. The first-order chi connectivity index (χ1) is 12.6. The average molecular weight is 348 g/mol. The number of carbonyl (C=O) groups is 2. The molecule has 0 fully saturated rings. The third-order valence-corrected chi connectivity index (χ3v) is 3.90. The molecule has 0 aliphatic carbocycles. The molecule has 0 bridgehead atoms. The summed E-state index contributed by atoms with van der Waals surface area (Å²) in [5.41, 5.74) is 1.56. The molecule has 0 aliphatic heterocycles. The van der Waals surface area contributed by atoms with Gasteiger partial charge in [-0.25, -0.2) is 0 Å². The Labute approximate surface area is 152 Å². The summed E-state index contributed by atoms with van der Waals surface area (Å²) in [6.45, 7) is 1.91. The van der Waals surface area contributed by atoms with Crippen molar-refractivity contribution in [2.45, 2.75) is 26.4 Å². The molecule has 4 heteroatoms. The Morgan fingerprint density at radius 3 is 2.23 bits per heavy atom. The molecule has 3 rings (SSSR count). The van der Waals surface area contributed by atoms with Crippen molar-refractivity contribution < 1.29 is 18.7 Å². The van der Waals surface area contributed by atoms with Crippen LogP contribution in [0, 0.1) is 0 Å². The Hall–Kier alpha value is -3.14. The second kappa shape index (κ2) is 8.30. The van der Waals surface area contributed by atoms with E-state index in [1.807, 2.05) is 42.5 Å². The van der Waals surface area contributed by atoms with Crippen LogP contribution in [0.25, 0.3) is 0 Å². The molecule has 0 N–H and O–H groups in total. The van der Waals surface area contributed by atoms with E-state index in [2.05, 4.69) is 0 Å². The summed E-state index contributed by atoms with van der Waals surface area (Å²) in [5.74, 6) is 1.61. The van der Waals surface area contributed by atoms with Crippen molar-refractivity contribution in [3.05, 3.63) is 89.4 Å². The van der Waals surface area contributed by atoms with Gasteiger partial charge in [0.25, 0.3) is 0 Å². The van der Waals surface area contributed by atoms with Crippen LogP contribution in [0.2, 0.25) is 0 Å². The molecule has 0 amide bonds. The van der Waals surface area contributed by atoms with Crippen LogP contribution in [0.15, 0.2) is 71.1 Å². The second-order valence-corrected chi connectivity index (χ2v) is 6.12. The molecule has 4 nitrogen and oxygen atoms in total. The molecule has 0 radical (unpaired) electrons. The van der Waals surface area contributed by atoms with Crippen LogP contribution in [-0.4, -0.2) is 11.6 Å². The molecule has 132 valence electrons. The molecule has 0 saturated carbocycles. The molecule has 0 aliphatic rings. The number of carbonyl (C=O) groups excluding carboxylic acids is 2. The Morgan fingerprint density at radius 2 is 1.50 bits per heavy atom. The number of ether oxygens (including phenoxy) is 1. The fourth-order valence-corrected chi connectivity index (χ4v) is 2.67. The molecular weight excluding hydrogens is 328 g/mol. The van der Waals surface area contributed by atoms with E-state index in [0.29, 0.717) is 29.4 Å². The third kappa shape index (κ3) is 4.70. The normalized spacial score (nSPS) is 10.5. The van der Waals surface area contributed by atoms with E-state index >= 15 is 0 Å². The lowest BCUT2D eigenvalue weighted by atomic mass is 10.1. The number of furan rings is 1. The highest BCUT2D eigenvalue weighted by molar-refractivity contribution is 5.99. The van der Waals surface area contributed by atoms with Gasteiger partial charge in [0, 0.05) is 0 Å². The van der Waals surface area contributed by atoms with Gasteiger partial charge in [0.1, 0.15) is 29.7 Å². The molecule has 3 aromatic rings. The van der Waals surface area contributed by atoms with Crippen LogP contribution < -0.4 is 4.74 Å². The number of hydrogen-bond acceptors (Lipinski definition) is 4. The fourth-order valence-electron chi connectivity index (χ4n) is 2.67. The van der Waals surface area contributed by atoms with Crippen LogP contribution in [-0.2, 0) is 24.2 Å². The van der Waals surface area contributed by atoms with Crippen molar-refractivity contribution in [1.82, 2.24) is 0 Å². The van der Waals surface area contributed by atoms with Gasteiger partial charge in [-0.2, -0.15) is 0 Å². The summed E-state index contributed by atoms with van der Waals surface area (Å²) in [6.07, 6.45) is 0.370. The summed E-state index contributed by atoms with van der Waals surface area (Å²) < 4.78 is 11.4. The summed E-state index contributed by atoms with van der Waals surface area (Å²) in [7, 11) is 0. The minimum atomic E-state index is -0.0858. The van der Waals surface area contributed by atoms with Gasteiger partial charge in [0.15, 0.2) is 5.78 Å². The number of benzene rings is 2. The first kappa shape index (κ1) is 17.7. The van der Waals surface area contributed by atoms with Crippen LogP contribution in [0.1, 0.15) is 34.4 Å². The zero-order valence-corrected chi connectivity index (χ0v) is 14.6. The molecule has 1 heterocycles. The van der Waals surface area contributed by atoms with Crippen molar-refractivity contribution in [1.29, 1.82) is 0 Å². The standard InChI is InChI=1S/C22H20O4/c1-16(23)13-18-11-12-19(26-18)14-21(24)20-9-5-6-10-22(20)25-15-17-7-3-2-4-8-17/h2-12H,13-15H2,1H3. The highest BCUT2D eigenvalue weighted by atomic mass is 16.5. The zero-order valence-electron chi connectivity index (χ0n) is 14.6. The maximum Gasteiger partial charge on any atom is 0.174 e. The van der Waals surface area contributed by atoms with Gasteiger partial charge >= 0.3 is 0 Å². The largest absolute Gasteiger partial charge is 0.488 e. The summed E-state index contributed by atoms with van der Waals surface area (Å²) in [6, 6.07) is 20.5. The lowest BCUT2D eigenvalue weighted by Crippen LogP contribution is -2.06. The molecule has 0 saturated heterocycles. The van der Waals surface area contributed by atoms with Gasteiger partial charge in [-0.1, -0.05) is 42.5 Å². The molecule has 2 aromatic carbocycles. The molecular formula is C22H20O4. The van der Waals surface area contributed by atoms with E-state index in [0.717, 1.165) is 5.56 Å². The Balaban J connectivity index is 1.69. The first-order valence-electron chi connectivity index (χ1n) is 8.48. The van der Waals surface area contributed by atoms with E-state index in [1.165, 1.54) is 6.92 Å². The van der Waals surface area contributed by atoms with E-state index in [-0.39, 0.29) is 24.4 Å². The zero-order chi connectivity index (χ0) is 18.4. The van der Waals surface area contributed by atoms with E-state index in [4.69, 9.17) is 9.15 Å². The van der Waals surface area contributed by atoms with Crippen LogP contribution in [0.3, 0.4) is 0 Å². The van der Waals surface area contributed by atoms with E-state index < -0.39 is 0 Å².